The minimum Gasteiger partial charge on any atom is -0.464 e. The standard InChI is InChI=1S/C6H11N3O2/c1-3-5(2)9(4-7)8-6(10)11/h5,8H,3H2,1-2H3,(H,10,11). The van der Waals surface area contributed by atoms with Crippen molar-refractivity contribution in [1.82, 2.24) is 10.4 Å². The van der Waals surface area contributed by atoms with Crippen LogP contribution in [0.2, 0.25) is 0 Å². The first-order valence-corrected chi connectivity index (χ1v) is 3.30. The fourth-order valence-electron chi connectivity index (χ4n) is 0.519. The minimum atomic E-state index is -1.22. The number of carboxylic acid groups (broad SMARTS) is 1. The second-order valence-corrected chi connectivity index (χ2v) is 2.14. The van der Waals surface area contributed by atoms with Crippen molar-refractivity contribution in [3.8, 4) is 6.19 Å². The predicted octanol–water partition coefficient (Wildman–Crippen LogP) is 0.751. The lowest BCUT2D eigenvalue weighted by atomic mass is 10.3. The molecule has 0 fully saturated rings. The lowest BCUT2D eigenvalue weighted by Crippen LogP contribution is -2.43. The maximum absolute atomic E-state index is 10.1. The van der Waals surface area contributed by atoms with E-state index in [1.807, 2.05) is 12.3 Å². The van der Waals surface area contributed by atoms with Gasteiger partial charge < -0.3 is 5.11 Å². The van der Waals surface area contributed by atoms with Crippen molar-refractivity contribution < 1.29 is 9.90 Å². The van der Waals surface area contributed by atoms with Gasteiger partial charge in [0, 0.05) is 0 Å². The Bertz CT molecular complexity index is 175. The Kier molecular flexibility index (Phi) is 3.81. The topological polar surface area (TPSA) is 76.4 Å². The van der Waals surface area contributed by atoms with Crippen molar-refractivity contribution in [2.45, 2.75) is 26.3 Å². The highest BCUT2D eigenvalue weighted by molar-refractivity contribution is 5.63. The molecule has 0 aliphatic carbocycles. The Hall–Kier alpha value is -1.44. The van der Waals surface area contributed by atoms with Gasteiger partial charge in [-0.2, -0.15) is 5.26 Å². The summed E-state index contributed by atoms with van der Waals surface area (Å²) >= 11 is 0. The normalized spacial score (nSPS) is 11.4. The molecular formula is C6H11N3O2. The third-order valence-corrected chi connectivity index (χ3v) is 1.36. The van der Waals surface area contributed by atoms with Gasteiger partial charge >= 0.3 is 6.09 Å². The molecule has 5 heteroatoms. The highest BCUT2D eigenvalue weighted by atomic mass is 16.4. The summed E-state index contributed by atoms with van der Waals surface area (Å²) < 4.78 is 0. The van der Waals surface area contributed by atoms with E-state index in [-0.39, 0.29) is 6.04 Å². The summed E-state index contributed by atoms with van der Waals surface area (Å²) in [7, 11) is 0. The fraction of sp³-hybridized carbons (Fsp3) is 0.667. The Morgan fingerprint density at radius 1 is 1.91 bits per heavy atom. The van der Waals surface area contributed by atoms with Gasteiger partial charge in [0.2, 0.25) is 0 Å². The molecule has 1 unspecified atom stereocenters. The molecule has 0 heterocycles. The maximum Gasteiger partial charge on any atom is 0.424 e. The van der Waals surface area contributed by atoms with Crippen molar-refractivity contribution in [2.75, 3.05) is 0 Å². The summed E-state index contributed by atoms with van der Waals surface area (Å²) in [5.74, 6) is 0. The summed E-state index contributed by atoms with van der Waals surface area (Å²) in [5, 5.41) is 17.7. The minimum absolute atomic E-state index is 0.101. The summed E-state index contributed by atoms with van der Waals surface area (Å²) in [4.78, 5) is 10.1. The molecule has 0 aliphatic heterocycles. The van der Waals surface area contributed by atoms with Gasteiger partial charge in [-0.15, -0.1) is 0 Å². The predicted molar refractivity (Wildman–Crippen MR) is 38.4 cm³/mol. The molecule has 0 rings (SSSR count). The SMILES string of the molecule is CCC(C)N(C#N)NC(=O)O. The van der Waals surface area contributed by atoms with E-state index in [0.717, 1.165) is 5.01 Å². The van der Waals surface area contributed by atoms with Gasteiger partial charge in [-0.05, 0) is 13.3 Å². The highest BCUT2D eigenvalue weighted by Gasteiger charge is 2.11. The summed E-state index contributed by atoms with van der Waals surface area (Å²) in [6, 6.07) is -0.101. The molecule has 0 bridgehead atoms. The van der Waals surface area contributed by atoms with Crippen molar-refractivity contribution in [1.29, 1.82) is 5.26 Å². The number of rotatable bonds is 3. The van der Waals surface area contributed by atoms with Crippen LogP contribution < -0.4 is 5.43 Å². The van der Waals surface area contributed by atoms with Crippen molar-refractivity contribution in [2.24, 2.45) is 0 Å². The maximum atomic E-state index is 10.1. The van der Waals surface area contributed by atoms with Crippen LogP contribution in [0.25, 0.3) is 0 Å². The van der Waals surface area contributed by atoms with Crippen molar-refractivity contribution >= 4 is 6.09 Å². The molecule has 0 aliphatic rings. The first kappa shape index (κ1) is 9.56. The van der Waals surface area contributed by atoms with Crippen molar-refractivity contribution in [3.05, 3.63) is 0 Å². The van der Waals surface area contributed by atoms with Crippen LogP contribution >= 0.6 is 0 Å². The number of nitriles is 1. The van der Waals surface area contributed by atoms with Crippen LogP contribution in [0.1, 0.15) is 20.3 Å². The molecule has 2 N–H and O–H groups in total. The van der Waals surface area contributed by atoms with E-state index in [1.165, 1.54) is 0 Å². The van der Waals surface area contributed by atoms with E-state index in [9.17, 15) is 4.79 Å². The number of amides is 1. The zero-order chi connectivity index (χ0) is 8.85. The van der Waals surface area contributed by atoms with Crippen LogP contribution in [0.15, 0.2) is 0 Å². The molecule has 1 atom stereocenters. The number of hydrogen-bond acceptors (Lipinski definition) is 3. The molecule has 0 aromatic carbocycles. The van der Waals surface area contributed by atoms with E-state index in [4.69, 9.17) is 10.4 Å². The van der Waals surface area contributed by atoms with Gasteiger partial charge in [-0.3, -0.25) is 0 Å². The smallest absolute Gasteiger partial charge is 0.424 e. The number of nitrogens with zero attached hydrogens (tertiary/aromatic N) is 2. The molecular weight excluding hydrogens is 146 g/mol. The monoisotopic (exact) mass is 157 g/mol. The van der Waals surface area contributed by atoms with E-state index >= 15 is 0 Å². The van der Waals surface area contributed by atoms with E-state index in [0.29, 0.717) is 6.42 Å². The molecule has 0 radical (unpaired) electrons. The molecule has 1 amide bonds. The first-order chi connectivity index (χ1) is 5.11. The number of hydrogen-bond donors (Lipinski definition) is 2. The van der Waals surface area contributed by atoms with Crippen LogP contribution in [0.5, 0.6) is 0 Å². The average Bonchev–Trinajstić information content (AvgIpc) is 1.98. The molecule has 62 valence electrons. The van der Waals surface area contributed by atoms with Gasteiger partial charge in [-0.1, -0.05) is 6.92 Å². The Balaban J connectivity index is 3.97. The molecule has 0 aromatic heterocycles. The lowest BCUT2D eigenvalue weighted by Gasteiger charge is -2.20. The quantitative estimate of drug-likeness (QED) is 0.360. The van der Waals surface area contributed by atoms with E-state index < -0.39 is 6.09 Å². The van der Waals surface area contributed by atoms with Gasteiger partial charge in [0.1, 0.15) is 0 Å². The Labute approximate surface area is 65.2 Å². The van der Waals surface area contributed by atoms with Crippen LogP contribution in [-0.4, -0.2) is 22.3 Å². The molecule has 0 saturated heterocycles. The second kappa shape index (κ2) is 4.39. The number of nitrogens with one attached hydrogen (secondary N) is 1. The second-order valence-electron chi connectivity index (χ2n) is 2.14. The molecule has 0 aromatic rings. The fourth-order valence-corrected chi connectivity index (χ4v) is 0.519. The van der Waals surface area contributed by atoms with Gasteiger partial charge in [0.25, 0.3) is 0 Å². The third kappa shape index (κ3) is 3.30. The Morgan fingerprint density at radius 3 is 2.73 bits per heavy atom. The van der Waals surface area contributed by atoms with Crippen LogP contribution in [0.4, 0.5) is 4.79 Å². The number of carbonyl (C=O) groups is 1. The van der Waals surface area contributed by atoms with E-state index in [1.54, 1.807) is 13.1 Å². The third-order valence-electron chi connectivity index (χ3n) is 1.36. The largest absolute Gasteiger partial charge is 0.464 e. The van der Waals surface area contributed by atoms with Gasteiger partial charge in [0.05, 0.1) is 6.04 Å². The lowest BCUT2D eigenvalue weighted by molar-refractivity contribution is 0.150. The summed E-state index contributed by atoms with van der Waals surface area (Å²) in [6.45, 7) is 3.64. The number of hydrazine groups is 1. The first-order valence-electron chi connectivity index (χ1n) is 3.30. The average molecular weight is 157 g/mol. The molecule has 5 nitrogen and oxygen atoms in total. The molecule has 0 saturated carbocycles. The van der Waals surface area contributed by atoms with Crippen LogP contribution in [0, 0.1) is 11.5 Å². The summed E-state index contributed by atoms with van der Waals surface area (Å²) in [6.07, 6.45) is 1.23. The zero-order valence-corrected chi connectivity index (χ0v) is 6.53. The van der Waals surface area contributed by atoms with Gasteiger partial charge in [0.15, 0.2) is 6.19 Å². The molecule has 0 spiro atoms. The molecule has 11 heavy (non-hydrogen) atoms. The highest BCUT2D eigenvalue weighted by Crippen LogP contribution is 1.96. The van der Waals surface area contributed by atoms with Crippen LogP contribution in [0.3, 0.4) is 0 Å². The zero-order valence-electron chi connectivity index (χ0n) is 6.53. The summed E-state index contributed by atoms with van der Waals surface area (Å²) in [5.41, 5.74) is 1.97. The Morgan fingerprint density at radius 2 is 2.45 bits per heavy atom. The van der Waals surface area contributed by atoms with Crippen molar-refractivity contribution in [3.63, 3.8) is 0 Å². The van der Waals surface area contributed by atoms with E-state index in [2.05, 4.69) is 0 Å². The van der Waals surface area contributed by atoms with Crippen LogP contribution in [-0.2, 0) is 0 Å². The van der Waals surface area contributed by atoms with Gasteiger partial charge in [-0.25, -0.2) is 15.2 Å².